The van der Waals surface area contributed by atoms with Gasteiger partial charge in [-0.05, 0) is 37.1 Å². The second-order valence-corrected chi connectivity index (χ2v) is 5.98. The molecule has 4 heteroatoms. The van der Waals surface area contributed by atoms with Crippen molar-refractivity contribution in [3.63, 3.8) is 0 Å². The van der Waals surface area contributed by atoms with Crippen LogP contribution in [0.1, 0.15) is 37.6 Å². The second-order valence-electron chi connectivity index (χ2n) is 5.07. The van der Waals surface area contributed by atoms with E-state index in [1.165, 1.54) is 0 Å². The number of rotatable bonds is 6. The number of carbonyl (C=O) groups excluding carboxylic acids is 1. The van der Waals surface area contributed by atoms with E-state index in [1.807, 2.05) is 41.2 Å². The van der Waals surface area contributed by atoms with E-state index in [0.29, 0.717) is 18.9 Å². The number of hydrogen-bond acceptors (Lipinski definition) is 2. The maximum Gasteiger partial charge on any atom is 0.143 e. The smallest absolute Gasteiger partial charge is 0.143 e. The molecular formula is C16H19BrN2O. The highest BCUT2D eigenvalue weighted by Crippen LogP contribution is 2.14. The molecule has 3 nitrogen and oxygen atoms in total. The highest BCUT2D eigenvalue weighted by atomic mass is 79.9. The molecule has 1 atom stereocenters. The van der Waals surface area contributed by atoms with E-state index in [2.05, 4.69) is 34.9 Å². The fourth-order valence-corrected chi connectivity index (χ4v) is 2.49. The van der Waals surface area contributed by atoms with Crippen molar-refractivity contribution in [2.45, 2.75) is 39.2 Å². The van der Waals surface area contributed by atoms with Crippen molar-refractivity contribution in [3.05, 3.63) is 52.3 Å². The van der Waals surface area contributed by atoms with Gasteiger partial charge in [0.2, 0.25) is 0 Å². The Morgan fingerprint density at radius 1 is 1.35 bits per heavy atom. The fraction of sp³-hybridized carbons (Fsp3) is 0.375. The Kier molecular flexibility index (Phi) is 5.12. The monoisotopic (exact) mass is 334 g/mol. The molecule has 0 fully saturated rings. The van der Waals surface area contributed by atoms with Gasteiger partial charge < -0.3 is 0 Å². The minimum atomic E-state index is 0.192. The number of Topliss-reactive ketones (excluding diaryl/α,β-unsaturated/α-hetero) is 1. The van der Waals surface area contributed by atoms with Crippen molar-refractivity contribution in [2.75, 3.05) is 0 Å². The van der Waals surface area contributed by atoms with E-state index in [0.717, 1.165) is 22.2 Å². The summed E-state index contributed by atoms with van der Waals surface area (Å²) in [6.45, 7) is 4.25. The lowest BCUT2D eigenvalue weighted by Crippen LogP contribution is -2.09. The second kappa shape index (κ2) is 6.84. The van der Waals surface area contributed by atoms with Crippen LogP contribution in [-0.2, 0) is 17.6 Å². The molecule has 0 saturated heterocycles. The molecule has 0 amide bonds. The molecule has 20 heavy (non-hydrogen) atoms. The summed E-state index contributed by atoms with van der Waals surface area (Å²) in [6.07, 6.45) is 3.84. The summed E-state index contributed by atoms with van der Waals surface area (Å²) in [4.78, 5) is 12.1. The molecule has 0 aliphatic heterocycles. The highest BCUT2D eigenvalue weighted by Gasteiger charge is 2.10. The van der Waals surface area contributed by atoms with Crippen LogP contribution in [0, 0.1) is 0 Å². The van der Waals surface area contributed by atoms with Crippen LogP contribution in [0.15, 0.2) is 41.0 Å². The van der Waals surface area contributed by atoms with Crippen molar-refractivity contribution in [1.82, 2.24) is 9.78 Å². The predicted molar refractivity (Wildman–Crippen MR) is 83.8 cm³/mol. The lowest BCUT2D eigenvalue weighted by Gasteiger charge is -2.08. The Labute approximate surface area is 128 Å². The highest BCUT2D eigenvalue weighted by molar-refractivity contribution is 9.10. The zero-order valence-electron chi connectivity index (χ0n) is 11.8. The minimum Gasteiger partial charge on any atom is -0.299 e. The number of hydrogen-bond donors (Lipinski definition) is 0. The first-order valence-electron chi connectivity index (χ1n) is 6.88. The summed E-state index contributed by atoms with van der Waals surface area (Å²) in [5.74, 6) is 0.192. The molecule has 0 aliphatic carbocycles. The van der Waals surface area contributed by atoms with Crippen molar-refractivity contribution in [2.24, 2.45) is 0 Å². The molecule has 1 aromatic heterocycles. The molecule has 106 valence electrons. The van der Waals surface area contributed by atoms with E-state index in [9.17, 15) is 4.79 Å². The average Bonchev–Trinajstić information content (AvgIpc) is 2.86. The molecule has 1 unspecified atom stereocenters. The number of halogens is 1. The molecular weight excluding hydrogens is 316 g/mol. The van der Waals surface area contributed by atoms with E-state index < -0.39 is 0 Å². The van der Waals surface area contributed by atoms with Gasteiger partial charge in [-0.1, -0.05) is 35.0 Å². The molecule has 0 aliphatic rings. The van der Waals surface area contributed by atoms with Crippen molar-refractivity contribution in [1.29, 1.82) is 0 Å². The van der Waals surface area contributed by atoms with E-state index in [1.54, 1.807) is 0 Å². The van der Waals surface area contributed by atoms with Gasteiger partial charge in [0.15, 0.2) is 0 Å². The molecule has 2 aromatic rings. The summed E-state index contributed by atoms with van der Waals surface area (Å²) in [6, 6.07) is 10.2. The fourth-order valence-electron chi connectivity index (χ4n) is 2.04. The average molecular weight is 335 g/mol. The first-order chi connectivity index (χ1) is 9.58. The summed E-state index contributed by atoms with van der Waals surface area (Å²) < 4.78 is 2.94. The third-order valence-corrected chi connectivity index (χ3v) is 3.87. The zero-order chi connectivity index (χ0) is 14.5. The van der Waals surface area contributed by atoms with Gasteiger partial charge in [0.1, 0.15) is 5.78 Å². The largest absolute Gasteiger partial charge is 0.299 e. The first kappa shape index (κ1) is 15.0. The van der Waals surface area contributed by atoms with Crippen LogP contribution in [-0.4, -0.2) is 15.6 Å². The molecule has 0 radical (unpaired) electrons. The first-order valence-corrected chi connectivity index (χ1v) is 7.68. The van der Waals surface area contributed by atoms with Gasteiger partial charge in [0.05, 0.1) is 12.1 Å². The van der Waals surface area contributed by atoms with E-state index in [-0.39, 0.29) is 5.78 Å². The van der Waals surface area contributed by atoms with Crippen molar-refractivity contribution < 1.29 is 4.79 Å². The summed E-state index contributed by atoms with van der Waals surface area (Å²) in [5.41, 5.74) is 1.89. The molecule has 0 spiro atoms. The SMILES string of the molecule is CCC(C)n1ccc(CC(=O)Cc2cccc(Br)c2)n1. The maximum atomic E-state index is 12.1. The normalized spacial score (nSPS) is 12.3. The minimum absolute atomic E-state index is 0.192. The van der Waals surface area contributed by atoms with Gasteiger partial charge in [-0.25, -0.2) is 0 Å². The Morgan fingerprint density at radius 3 is 2.85 bits per heavy atom. The van der Waals surface area contributed by atoms with Crippen LogP contribution in [0.25, 0.3) is 0 Å². The van der Waals surface area contributed by atoms with Crippen LogP contribution in [0.2, 0.25) is 0 Å². The summed E-state index contributed by atoms with van der Waals surface area (Å²) >= 11 is 3.42. The van der Waals surface area contributed by atoms with Gasteiger partial charge in [-0.3, -0.25) is 9.48 Å². The van der Waals surface area contributed by atoms with Crippen LogP contribution >= 0.6 is 15.9 Å². The van der Waals surface area contributed by atoms with Crippen LogP contribution in [0.5, 0.6) is 0 Å². The third-order valence-electron chi connectivity index (χ3n) is 3.37. The number of carbonyl (C=O) groups is 1. The Balaban J connectivity index is 1.96. The van der Waals surface area contributed by atoms with Gasteiger partial charge >= 0.3 is 0 Å². The Hall–Kier alpha value is -1.42. The molecule has 1 aromatic carbocycles. The maximum absolute atomic E-state index is 12.1. The number of aromatic nitrogens is 2. The summed E-state index contributed by atoms with van der Waals surface area (Å²) in [5, 5.41) is 4.47. The number of benzene rings is 1. The molecule has 0 bridgehead atoms. The molecule has 0 N–H and O–H groups in total. The standard InChI is InChI=1S/C16H19BrN2O/c1-3-12(2)19-8-7-15(18-19)11-16(20)10-13-5-4-6-14(17)9-13/h4-9,12H,3,10-11H2,1-2H3. The Bertz CT molecular complexity index is 592. The number of ketones is 1. The molecule has 0 saturated carbocycles. The molecule has 1 heterocycles. The third kappa shape index (κ3) is 4.04. The van der Waals surface area contributed by atoms with Gasteiger partial charge in [0, 0.05) is 23.1 Å². The Morgan fingerprint density at radius 2 is 2.15 bits per heavy atom. The predicted octanol–water partition coefficient (Wildman–Crippen LogP) is 3.97. The lowest BCUT2D eigenvalue weighted by molar-refractivity contribution is -0.117. The van der Waals surface area contributed by atoms with E-state index >= 15 is 0 Å². The van der Waals surface area contributed by atoms with Crippen molar-refractivity contribution >= 4 is 21.7 Å². The lowest BCUT2D eigenvalue weighted by atomic mass is 10.1. The zero-order valence-corrected chi connectivity index (χ0v) is 13.4. The van der Waals surface area contributed by atoms with Crippen LogP contribution in [0.4, 0.5) is 0 Å². The van der Waals surface area contributed by atoms with Gasteiger partial charge in [0.25, 0.3) is 0 Å². The van der Waals surface area contributed by atoms with Gasteiger partial charge in [-0.2, -0.15) is 5.10 Å². The van der Waals surface area contributed by atoms with Crippen LogP contribution in [0.3, 0.4) is 0 Å². The van der Waals surface area contributed by atoms with Gasteiger partial charge in [-0.15, -0.1) is 0 Å². The molecule has 2 rings (SSSR count). The number of nitrogens with zero attached hydrogens (tertiary/aromatic N) is 2. The van der Waals surface area contributed by atoms with Crippen molar-refractivity contribution in [3.8, 4) is 0 Å². The quantitative estimate of drug-likeness (QED) is 0.801. The topological polar surface area (TPSA) is 34.9 Å². The van der Waals surface area contributed by atoms with E-state index in [4.69, 9.17) is 0 Å². The summed E-state index contributed by atoms with van der Waals surface area (Å²) in [7, 11) is 0. The van der Waals surface area contributed by atoms with Crippen LogP contribution < -0.4 is 0 Å².